The van der Waals surface area contributed by atoms with Crippen LogP contribution >= 0.6 is 34.8 Å². The third-order valence-corrected chi connectivity index (χ3v) is 4.27. The Morgan fingerprint density at radius 1 is 1.35 bits per heavy atom. The number of amides is 1. The van der Waals surface area contributed by atoms with Crippen LogP contribution in [0.4, 0.5) is 0 Å². The number of carbonyl (C=O) groups excluding carboxylic acids is 1. The SMILES string of the molecule is CC1CN(C(=O)Cc2ccc(Cl)c(Cl)c2)CC(CCl)O1. The van der Waals surface area contributed by atoms with Gasteiger partial charge in [-0.15, -0.1) is 11.6 Å². The molecule has 1 saturated heterocycles. The van der Waals surface area contributed by atoms with Crippen LogP contribution in [0.3, 0.4) is 0 Å². The Hall–Kier alpha value is -0.480. The highest BCUT2D eigenvalue weighted by molar-refractivity contribution is 6.42. The molecule has 1 aliphatic rings. The average molecular weight is 337 g/mol. The predicted octanol–water partition coefficient (Wildman–Crippen LogP) is 3.39. The van der Waals surface area contributed by atoms with Crippen LogP contribution in [-0.2, 0) is 16.0 Å². The van der Waals surface area contributed by atoms with Crippen LogP contribution in [0.25, 0.3) is 0 Å². The topological polar surface area (TPSA) is 29.5 Å². The molecule has 1 aromatic rings. The molecule has 0 bridgehead atoms. The fraction of sp³-hybridized carbons (Fsp3) is 0.500. The number of ether oxygens (including phenoxy) is 1. The van der Waals surface area contributed by atoms with Gasteiger partial charge < -0.3 is 9.64 Å². The summed E-state index contributed by atoms with van der Waals surface area (Å²) >= 11 is 17.6. The Morgan fingerprint density at radius 2 is 2.10 bits per heavy atom. The molecule has 0 N–H and O–H groups in total. The smallest absolute Gasteiger partial charge is 0.227 e. The molecular formula is C14H16Cl3NO2. The minimum Gasteiger partial charge on any atom is -0.370 e. The normalized spacial score (nSPS) is 22.9. The third-order valence-electron chi connectivity index (χ3n) is 3.19. The Morgan fingerprint density at radius 3 is 2.75 bits per heavy atom. The number of hydrogen-bond donors (Lipinski definition) is 0. The first-order chi connectivity index (χ1) is 9.49. The standard InChI is InChI=1S/C14H16Cl3NO2/c1-9-7-18(8-11(6-15)20-9)14(19)5-10-2-3-12(16)13(17)4-10/h2-4,9,11H,5-8H2,1H3. The number of rotatable bonds is 3. The summed E-state index contributed by atoms with van der Waals surface area (Å²) in [4.78, 5) is 14.1. The van der Waals surface area contributed by atoms with E-state index in [1.807, 2.05) is 13.0 Å². The predicted molar refractivity (Wildman–Crippen MR) is 81.8 cm³/mol. The Labute approximate surface area is 133 Å². The van der Waals surface area contributed by atoms with E-state index in [4.69, 9.17) is 39.5 Å². The molecule has 3 nitrogen and oxygen atoms in total. The van der Waals surface area contributed by atoms with Gasteiger partial charge in [-0.25, -0.2) is 0 Å². The van der Waals surface area contributed by atoms with Crippen molar-refractivity contribution in [3.05, 3.63) is 33.8 Å². The molecule has 0 spiro atoms. The van der Waals surface area contributed by atoms with Crippen molar-refractivity contribution in [2.24, 2.45) is 0 Å². The molecule has 1 aliphatic heterocycles. The first-order valence-electron chi connectivity index (χ1n) is 6.42. The van der Waals surface area contributed by atoms with Crippen LogP contribution in [0.15, 0.2) is 18.2 Å². The molecule has 20 heavy (non-hydrogen) atoms. The highest BCUT2D eigenvalue weighted by Crippen LogP contribution is 2.23. The zero-order valence-electron chi connectivity index (χ0n) is 11.1. The molecule has 1 heterocycles. The van der Waals surface area contributed by atoms with E-state index in [0.717, 1.165) is 5.56 Å². The van der Waals surface area contributed by atoms with Crippen molar-refractivity contribution < 1.29 is 9.53 Å². The van der Waals surface area contributed by atoms with E-state index in [9.17, 15) is 4.79 Å². The lowest BCUT2D eigenvalue weighted by molar-refractivity contribution is -0.142. The molecule has 1 aromatic carbocycles. The van der Waals surface area contributed by atoms with Crippen LogP contribution in [0.2, 0.25) is 10.0 Å². The van der Waals surface area contributed by atoms with Crippen LogP contribution in [0.1, 0.15) is 12.5 Å². The molecule has 2 unspecified atom stereocenters. The van der Waals surface area contributed by atoms with Gasteiger partial charge in [-0.2, -0.15) is 0 Å². The molecule has 1 amide bonds. The van der Waals surface area contributed by atoms with E-state index in [1.165, 1.54) is 0 Å². The Kier molecular flexibility index (Phi) is 5.56. The highest BCUT2D eigenvalue weighted by Gasteiger charge is 2.27. The van der Waals surface area contributed by atoms with Gasteiger partial charge in [-0.1, -0.05) is 29.3 Å². The van der Waals surface area contributed by atoms with Crippen molar-refractivity contribution in [1.82, 2.24) is 4.90 Å². The number of carbonyl (C=O) groups is 1. The molecule has 0 radical (unpaired) electrons. The fourth-order valence-electron chi connectivity index (χ4n) is 2.27. The molecule has 110 valence electrons. The number of benzene rings is 1. The van der Waals surface area contributed by atoms with Gasteiger partial charge in [-0.3, -0.25) is 4.79 Å². The second-order valence-electron chi connectivity index (χ2n) is 4.95. The first kappa shape index (κ1) is 15.9. The Bertz CT molecular complexity index is 495. The van der Waals surface area contributed by atoms with Gasteiger partial charge in [-0.05, 0) is 24.6 Å². The fourth-order valence-corrected chi connectivity index (χ4v) is 2.76. The van der Waals surface area contributed by atoms with E-state index >= 15 is 0 Å². The van der Waals surface area contributed by atoms with Crippen LogP contribution < -0.4 is 0 Å². The monoisotopic (exact) mass is 335 g/mol. The average Bonchev–Trinajstić information content (AvgIpc) is 2.42. The van der Waals surface area contributed by atoms with Gasteiger partial charge in [0.2, 0.25) is 5.91 Å². The van der Waals surface area contributed by atoms with Crippen molar-refractivity contribution in [1.29, 1.82) is 0 Å². The van der Waals surface area contributed by atoms with E-state index in [0.29, 0.717) is 35.4 Å². The lowest BCUT2D eigenvalue weighted by Crippen LogP contribution is -2.50. The van der Waals surface area contributed by atoms with Crippen molar-refractivity contribution in [3.8, 4) is 0 Å². The number of morpholine rings is 1. The van der Waals surface area contributed by atoms with Gasteiger partial charge in [0, 0.05) is 13.1 Å². The summed E-state index contributed by atoms with van der Waals surface area (Å²) in [6.07, 6.45) is 0.210. The summed E-state index contributed by atoms with van der Waals surface area (Å²) in [7, 11) is 0. The molecule has 2 rings (SSSR count). The van der Waals surface area contributed by atoms with Gasteiger partial charge >= 0.3 is 0 Å². The van der Waals surface area contributed by atoms with E-state index < -0.39 is 0 Å². The van der Waals surface area contributed by atoms with E-state index in [1.54, 1.807) is 17.0 Å². The van der Waals surface area contributed by atoms with Crippen molar-refractivity contribution in [3.63, 3.8) is 0 Å². The van der Waals surface area contributed by atoms with Crippen LogP contribution in [0.5, 0.6) is 0 Å². The molecule has 6 heteroatoms. The first-order valence-corrected chi connectivity index (χ1v) is 7.71. The lowest BCUT2D eigenvalue weighted by atomic mass is 10.1. The minimum atomic E-state index is -0.0989. The van der Waals surface area contributed by atoms with E-state index in [-0.39, 0.29) is 18.1 Å². The number of halogens is 3. The van der Waals surface area contributed by atoms with Gasteiger partial charge in [0.1, 0.15) is 0 Å². The van der Waals surface area contributed by atoms with Crippen molar-refractivity contribution >= 4 is 40.7 Å². The maximum atomic E-state index is 12.3. The highest BCUT2D eigenvalue weighted by atomic mass is 35.5. The summed E-state index contributed by atoms with van der Waals surface area (Å²) < 4.78 is 5.64. The minimum absolute atomic E-state index is 0.00487. The van der Waals surface area contributed by atoms with Gasteiger partial charge in [0.05, 0.1) is 34.6 Å². The molecule has 2 atom stereocenters. The summed E-state index contributed by atoms with van der Waals surface area (Å²) in [5, 5.41) is 0.955. The summed E-state index contributed by atoms with van der Waals surface area (Å²) in [6.45, 7) is 3.07. The summed E-state index contributed by atoms with van der Waals surface area (Å²) in [5.41, 5.74) is 0.853. The lowest BCUT2D eigenvalue weighted by Gasteiger charge is -2.36. The van der Waals surface area contributed by atoms with Crippen molar-refractivity contribution in [2.75, 3.05) is 19.0 Å². The molecule has 1 fully saturated rings. The van der Waals surface area contributed by atoms with Crippen LogP contribution in [0, 0.1) is 0 Å². The second kappa shape index (κ2) is 6.99. The second-order valence-corrected chi connectivity index (χ2v) is 6.07. The zero-order chi connectivity index (χ0) is 14.7. The summed E-state index contributed by atoms with van der Waals surface area (Å²) in [5.74, 6) is 0.439. The largest absolute Gasteiger partial charge is 0.370 e. The van der Waals surface area contributed by atoms with Gasteiger partial charge in [0.25, 0.3) is 0 Å². The quantitative estimate of drug-likeness (QED) is 0.792. The van der Waals surface area contributed by atoms with Crippen LogP contribution in [-0.4, -0.2) is 42.0 Å². The zero-order valence-corrected chi connectivity index (χ0v) is 13.4. The maximum Gasteiger partial charge on any atom is 0.227 e. The summed E-state index contributed by atoms with van der Waals surface area (Å²) in [6, 6.07) is 5.25. The number of hydrogen-bond acceptors (Lipinski definition) is 2. The maximum absolute atomic E-state index is 12.3. The van der Waals surface area contributed by atoms with Gasteiger partial charge in [0.15, 0.2) is 0 Å². The number of nitrogens with zero attached hydrogens (tertiary/aromatic N) is 1. The van der Waals surface area contributed by atoms with E-state index in [2.05, 4.69) is 0 Å². The third kappa shape index (κ3) is 4.01. The number of alkyl halides is 1. The molecular weight excluding hydrogens is 321 g/mol. The van der Waals surface area contributed by atoms with Crippen molar-refractivity contribution in [2.45, 2.75) is 25.6 Å². The molecule has 0 saturated carbocycles. The molecule has 0 aliphatic carbocycles. The Balaban J connectivity index is 2.01. The molecule has 0 aromatic heterocycles.